The third kappa shape index (κ3) is 4.02. The second-order valence-corrected chi connectivity index (χ2v) is 3.74. The quantitative estimate of drug-likeness (QED) is 0.510. The van der Waals surface area contributed by atoms with Crippen LogP contribution in [0.4, 0.5) is 0 Å². The Morgan fingerprint density at radius 1 is 1.69 bits per heavy atom. The summed E-state index contributed by atoms with van der Waals surface area (Å²) in [7, 11) is 0. The minimum Gasteiger partial charge on any atom is -0.463 e. The Hall–Kier alpha value is -1.36. The van der Waals surface area contributed by atoms with Crippen molar-refractivity contribution < 1.29 is 14.3 Å². The van der Waals surface area contributed by atoms with Crippen molar-refractivity contribution in [2.24, 2.45) is 0 Å². The number of piperidine rings is 1. The van der Waals surface area contributed by atoms with Crippen LogP contribution in [0.3, 0.4) is 0 Å². The molecular weight excluding hydrogens is 208 g/mol. The predicted molar refractivity (Wildman–Crippen MR) is 59.8 cm³/mol. The first-order chi connectivity index (χ1) is 7.63. The van der Waals surface area contributed by atoms with Crippen molar-refractivity contribution in [2.75, 3.05) is 19.7 Å². The van der Waals surface area contributed by atoms with Crippen molar-refractivity contribution >= 4 is 11.9 Å². The summed E-state index contributed by atoms with van der Waals surface area (Å²) >= 11 is 0. The number of ether oxygens (including phenoxy) is 1. The molecule has 0 spiro atoms. The second kappa shape index (κ2) is 6.27. The Morgan fingerprint density at radius 3 is 3.00 bits per heavy atom. The van der Waals surface area contributed by atoms with Crippen molar-refractivity contribution in [3.63, 3.8) is 0 Å². The van der Waals surface area contributed by atoms with E-state index in [4.69, 9.17) is 4.74 Å². The summed E-state index contributed by atoms with van der Waals surface area (Å²) in [6, 6.07) is 0.212. The Morgan fingerprint density at radius 2 is 2.44 bits per heavy atom. The Balaban J connectivity index is 2.21. The van der Waals surface area contributed by atoms with Gasteiger partial charge in [0, 0.05) is 31.1 Å². The molecule has 1 aliphatic heterocycles. The number of esters is 1. The summed E-state index contributed by atoms with van der Waals surface area (Å²) in [5.41, 5.74) is 0.416. The molecule has 1 heterocycles. The van der Waals surface area contributed by atoms with Gasteiger partial charge < -0.3 is 15.4 Å². The van der Waals surface area contributed by atoms with E-state index in [1.54, 1.807) is 6.92 Å². The summed E-state index contributed by atoms with van der Waals surface area (Å²) in [4.78, 5) is 22.1. The van der Waals surface area contributed by atoms with Crippen LogP contribution in [0.1, 0.15) is 19.8 Å². The highest BCUT2D eigenvalue weighted by atomic mass is 16.5. The van der Waals surface area contributed by atoms with Gasteiger partial charge in [-0.15, -0.1) is 0 Å². The molecule has 0 bridgehead atoms. The molecule has 0 aromatic carbocycles. The number of carbonyl (C=O) groups excluding carboxylic acids is 2. The van der Waals surface area contributed by atoms with Crippen LogP contribution in [0.5, 0.6) is 0 Å². The molecule has 1 rings (SSSR count). The minimum atomic E-state index is -0.366. The third-order valence-corrected chi connectivity index (χ3v) is 2.43. The molecule has 2 N–H and O–H groups in total. The van der Waals surface area contributed by atoms with Gasteiger partial charge in [-0.25, -0.2) is 4.79 Å². The summed E-state index contributed by atoms with van der Waals surface area (Å²) < 4.78 is 4.81. The summed E-state index contributed by atoms with van der Waals surface area (Å²) in [5, 5.41) is 5.93. The molecule has 1 amide bonds. The maximum Gasteiger partial charge on any atom is 0.334 e. The molecule has 5 heteroatoms. The zero-order valence-electron chi connectivity index (χ0n) is 9.54. The Kier molecular flexibility index (Phi) is 4.98. The molecule has 90 valence electrons. The highest BCUT2D eigenvalue weighted by Crippen LogP contribution is 2.03. The van der Waals surface area contributed by atoms with Gasteiger partial charge in [-0.3, -0.25) is 4.79 Å². The van der Waals surface area contributed by atoms with Crippen LogP contribution in [-0.2, 0) is 14.3 Å². The largest absolute Gasteiger partial charge is 0.463 e. The number of hydrogen-bond donors (Lipinski definition) is 2. The normalized spacial score (nSPS) is 20.1. The van der Waals surface area contributed by atoms with Gasteiger partial charge in [0.1, 0.15) is 0 Å². The van der Waals surface area contributed by atoms with Crippen LogP contribution in [0, 0.1) is 0 Å². The van der Waals surface area contributed by atoms with E-state index < -0.39 is 0 Å². The van der Waals surface area contributed by atoms with E-state index in [2.05, 4.69) is 17.2 Å². The minimum absolute atomic E-state index is 0.0854. The lowest BCUT2D eigenvalue weighted by molar-refractivity contribution is -0.138. The molecule has 0 radical (unpaired) electrons. The van der Waals surface area contributed by atoms with Gasteiger partial charge in [-0.1, -0.05) is 6.58 Å². The first-order valence-electron chi connectivity index (χ1n) is 5.48. The topological polar surface area (TPSA) is 67.4 Å². The number of carbonyl (C=O) groups is 2. The fourth-order valence-electron chi connectivity index (χ4n) is 1.48. The molecule has 16 heavy (non-hydrogen) atoms. The first-order valence-corrected chi connectivity index (χ1v) is 5.48. The molecule has 5 nitrogen and oxygen atoms in total. The smallest absolute Gasteiger partial charge is 0.334 e. The van der Waals surface area contributed by atoms with Crippen LogP contribution in [0.2, 0.25) is 0 Å². The van der Waals surface area contributed by atoms with Crippen molar-refractivity contribution in [3.05, 3.63) is 12.2 Å². The molecule has 1 unspecified atom stereocenters. The van der Waals surface area contributed by atoms with Crippen molar-refractivity contribution in [2.45, 2.75) is 25.8 Å². The lowest BCUT2D eigenvalue weighted by Gasteiger charge is -2.23. The molecule has 0 aliphatic carbocycles. The van der Waals surface area contributed by atoms with Gasteiger partial charge in [-0.05, 0) is 13.3 Å². The maximum absolute atomic E-state index is 11.2. The zero-order chi connectivity index (χ0) is 12.0. The standard InChI is InChI=1S/C11H18N2O3/c1-3-16-11(15)8(2)6-12-9-4-5-10(14)13-7-9/h9,12H,2-7H2,1H3,(H,13,14). The molecule has 1 aliphatic rings. The number of hydrogen-bond acceptors (Lipinski definition) is 4. The maximum atomic E-state index is 11.2. The SMILES string of the molecule is C=C(CNC1CCC(=O)NC1)C(=O)OCC. The van der Waals surface area contributed by atoms with Gasteiger partial charge in [-0.2, -0.15) is 0 Å². The molecule has 0 aromatic heterocycles. The number of amides is 1. The van der Waals surface area contributed by atoms with Gasteiger partial charge >= 0.3 is 5.97 Å². The van der Waals surface area contributed by atoms with Crippen LogP contribution in [0.25, 0.3) is 0 Å². The van der Waals surface area contributed by atoms with Crippen molar-refractivity contribution in [3.8, 4) is 0 Å². The number of rotatable bonds is 5. The highest BCUT2D eigenvalue weighted by molar-refractivity contribution is 5.88. The zero-order valence-corrected chi connectivity index (χ0v) is 9.54. The first kappa shape index (κ1) is 12.7. The monoisotopic (exact) mass is 226 g/mol. The van der Waals surface area contributed by atoms with Crippen molar-refractivity contribution in [1.29, 1.82) is 0 Å². The lowest BCUT2D eigenvalue weighted by atomic mass is 10.1. The number of nitrogens with one attached hydrogen (secondary N) is 2. The summed E-state index contributed by atoms with van der Waals surface area (Å²) in [5.74, 6) is -0.280. The van der Waals surface area contributed by atoms with E-state index in [0.29, 0.717) is 31.7 Å². The second-order valence-electron chi connectivity index (χ2n) is 3.74. The molecule has 0 saturated carbocycles. The molecule has 1 fully saturated rings. The molecule has 1 saturated heterocycles. The van der Waals surface area contributed by atoms with E-state index in [-0.39, 0.29) is 17.9 Å². The van der Waals surface area contributed by atoms with E-state index in [0.717, 1.165) is 6.42 Å². The fourth-order valence-corrected chi connectivity index (χ4v) is 1.48. The van der Waals surface area contributed by atoms with Crippen LogP contribution in [0.15, 0.2) is 12.2 Å². The lowest BCUT2D eigenvalue weighted by Crippen LogP contribution is -2.46. The average Bonchev–Trinajstić information content (AvgIpc) is 2.28. The summed E-state index contributed by atoms with van der Waals surface area (Å²) in [6.45, 7) is 6.77. The highest BCUT2D eigenvalue weighted by Gasteiger charge is 2.18. The third-order valence-electron chi connectivity index (χ3n) is 2.43. The molecular formula is C11H18N2O3. The van der Waals surface area contributed by atoms with E-state index in [1.165, 1.54) is 0 Å². The molecule has 1 atom stereocenters. The Labute approximate surface area is 95.2 Å². The van der Waals surface area contributed by atoms with E-state index in [9.17, 15) is 9.59 Å². The average molecular weight is 226 g/mol. The predicted octanol–water partition coefficient (Wildman–Crippen LogP) is -0.0261. The van der Waals surface area contributed by atoms with Gasteiger partial charge in [0.15, 0.2) is 0 Å². The van der Waals surface area contributed by atoms with Gasteiger partial charge in [0.25, 0.3) is 0 Å². The summed E-state index contributed by atoms with van der Waals surface area (Å²) in [6.07, 6.45) is 1.32. The fraction of sp³-hybridized carbons (Fsp3) is 0.636. The van der Waals surface area contributed by atoms with Crippen LogP contribution in [-0.4, -0.2) is 37.6 Å². The van der Waals surface area contributed by atoms with E-state index in [1.807, 2.05) is 0 Å². The van der Waals surface area contributed by atoms with Crippen LogP contribution >= 0.6 is 0 Å². The Bertz CT molecular complexity index is 279. The van der Waals surface area contributed by atoms with Gasteiger partial charge in [0.2, 0.25) is 5.91 Å². The molecule has 0 aromatic rings. The van der Waals surface area contributed by atoms with E-state index >= 15 is 0 Å². The van der Waals surface area contributed by atoms with Gasteiger partial charge in [0.05, 0.1) is 6.61 Å². The van der Waals surface area contributed by atoms with Crippen LogP contribution < -0.4 is 10.6 Å². The van der Waals surface area contributed by atoms with Crippen molar-refractivity contribution in [1.82, 2.24) is 10.6 Å².